The summed E-state index contributed by atoms with van der Waals surface area (Å²) in [6.45, 7) is 12.0. The molecule has 0 fully saturated rings. The van der Waals surface area contributed by atoms with Crippen LogP contribution in [0.5, 0.6) is 0 Å². The second-order valence-corrected chi connectivity index (χ2v) is 6.66. The molecule has 0 saturated carbocycles. The molecular formula is C15H24N2O. The molecular weight excluding hydrogens is 224 g/mol. The van der Waals surface area contributed by atoms with Crippen molar-refractivity contribution in [2.45, 2.75) is 47.1 Å². The summed E-state index contributed by atoms with van der Waals surface area (Å²) in [5, 5.41) is 6.28. The predicted molar refractivity (Wildman–Crippen MR) is 77.9 cm³/mol. The molecule has 1 aromatic rings. The molecule has 0 spiro atoms. The van der Waals surface area contributed by atoms with E-state index in [4.69, 9.17) is 0 Å². The molecule has 0 aliphatic rings. The Labute approximate surface area is 110 Å². The van der Waals surface area contributed by atoms with Gasteiger partial charge in [0.25, 0.3) is 0 Å². The number of carbonyl (C=O) groups excluding carboxylic acids is 1. The summed E-state index contributed by atoms with van der Waals surface area (Å²) in [6.07, 6.45) is 0. The number of hydrogen-bond donors (Lipinski definition) is 2. The highest BCUT2D eigenvalue weighted by Crippen LogP contribution is 2.20. The van der Waals surface area contributed by atoms with E-state index in [2.05, 4.69) is 31.4 Å². The van der Waals surface area contributed by atoms with Crippen LogP contribution in [0.25, 0.3) is 0 Å². The third-order valence-electron chi connectivity index (χ3n) is 2.34. The van der Waals surface area contributed by atoms with Gasteiger partial charge in [0, 0.05) is 22.3 Å². The average molecular weight is 248 g/mol. The SMILES string of the molecule is CC(C)(C)Nc1ccc(NC(=O)C(C)(C)C)cc1. The van der Waals surface area contributed by atoms with E-state index < -0.39 is 0 Å². The average Bonchev–Trinajstić information content (AvgIpc) is 2.17. The molecule has 3 nitrogen and oxygen atoms in total. The van der Waals surface area contributed by atoms with Crippen LogP contribution in [0.1, 0.15) is 41.5 Å². The van der Waals surface area contributed by atoms with Gasteiger partial charge in [-0.25, -0.2) is 0 Å². The Morgan fingerprint density at radius 3 is 1.72 bits per heavy atom. The van der Waals surface area contributed by atoms with Crippen LogP contribution in [-0.2, 0) is 4.79 Å². The van der Waals surface area contributed by atoms with Crippen molar-refractivity contribution in [3.63, 3.8) is 0 Å². The van der Waals surface area contributed by atoms with Gasteiger partial charge < -0.3 is 10.6 Å². The number of benzene rings is 1. The van der Waals surface area contributed by atoms with Crippen LogP contribution >= 0.6 is 0 Å². The van der Waals surface area contributed by atoms with Gasteiger partial charge in [0.2, 0.25) is 5.91 Å². The zero-order valence-corrected chi connectivity index (χ0v) is 12.2. The van der Waals surface area contributed by atoms with Crippen molar-refractivity contribution in [3.8, 4) is 0 Å². The highest BCUT2D eigenvalue weighted by atomic mass is 16.2. The number of carbonyl (C=O) groups is 1. The van der Waals surface area contributed by atoms with Gasteiger partial charge in [-0.1, -0.05) is 20.8 Å². The maximum atomic E-state index is 11.8. The molecule has 0 aliphatic heterocycles. The molecule has 1 aromatic carbocycles. The molecule has 0 saturated heterocycles. The summed E-state index contributed by atoms with van der Waals surface area (Å²) >= 11 is 0. The predicted octanol–water partition coefficient (Wildman–Crippen LogP) is 3.88. The summed E-state index contributed by atoms with van der Waals surface area (Å²) in [7, 11) is 0. The normalized spacial score (nSPS) is 12.1. The van der Waals surface area contributed by atoms with Gasteiger partial charge in [0.05, 0.1) is 0 Å². The van der Waals surface area contributed by atoms with E-state index >= 15 is 0 Å². The van der Waals surface area contributed by atoms with Crippen LogP contribution in [-0.4, -0.2) is 11.4 Å². The Hall–Kier alpha value is -1.51. The second kappa shape index (κ2) is 5.01. The number of anilines is 2. The van der Waals surface area contributed by atoms with Crippen LogP contribution in [0, 0.1) is 5.41 Å². The molecule has 0 radical (unpaired) electrons. The van der Waals surface area contributed by atoms with Crippen molar-refractivity contribution in [1.82, 2.24) is 0 Å². The van der Waals surface area contributed by atoms with Gasteiger partial charge in [-0.3, -0.25) is 4.79 Å². The minimum Gasteiger partial charge on any atom is -0.380 e. The van der Waals surface area contributed by atoms with Crippen LogP contribution in [0.3, 0.4) is 0 Å². The molecule has 1 rings (SSSR count). The maximum absolute atomic E-state index is 11.8. The van der Waals surface area contributed by atoms with Crippen molar-refractivity contribution in [2.24, 2.45) is 5.41 Å². The zero-order valence-electron chi connectivity index (χ0n) is 12.2. The fourth-order valence-electron chi connectivity index (χ4n) is 1.39. The first-order valence-electron chi connectivity index (χ1n) is 6.28. The summed E-state index contributed by atoms with van der Waals surface area (Å²) in [5.41, 5.74) is 1.55. The van der Waals surface area contributed by atoms with Crippen molar-refractivity contribution >= 4 is 17.3 Å². The topological polar surface area (TPSA) is 41.1 Å². The van der Waals surface area contributed by atoms with Crippen molar-refractivity contribution in [3.05, 3.63) is 24.3 Å². The minimum absolute atomic E-state index is 0.0269. The molecule has 0 aromatic heterocycles. The smallest absolute Gasteiger partial charge is 0.229 e. The Morgan fingerprint density at radius 1 is 0.889 bits per heavy atom. The summed E-state index contributed by atoms with van der Waals surface area (Å²) < 4.78 is 0. The van der Waals surface area contributed by atoms with E-state index in [-0.39, 0.29) is 16.9 Å². The fourth-order valence-corrected chi connectivity index (χ4v) is 1.39. The lowest BCUT2D eigenvalue weighted by molar-refractivity contribution is -0.123. The summed E-state index contributed by atoms with van der Waals surface area (Å²) in [4.78, 5) is 11.8. The number of hydrogen-bond acceptors (Lipinski definition) is 2. The third kappa shape index (κ3) is 4.78. The van der Waals surface area contributed by atoms with Gasteiger partial charge >= 0.3 is 0 Å². The molecule has 2 N–H and O–H groups in total. The van der Waals surface area contributed by atoms with Gasteiger partial charge in [-0.2, -0.15) is 0 Å². The Kier molecular flexibility index (Phi) is 4.05. The van der Waals surface area contributed by atoms with Gasteiger partial charge in [0.1, 0.15) is 0 Å². The molecule has 0 heterocycles. The van der Waals surface area contributed by atoms with Gasteiger partial charge in [-0.15, -0.1) is 0 Å². The molecule has 100 valence electrons. The largest absolute Gasteiger partial charge is 0.380 e. The summed E-state index contributed by atoms with van der Waals surface area (Å²) in [6, 6.07) is 7.78. The van der Waals surface area contributed by atoms with Crippen molar-refractivity contribution in [2.75, 3.05) is 10.6 Å². The first-order chi connectivity index (χ1) is 8.08. The lowest BCUT2D eigenvalue weighted by Gasteiger charge is -2.22. The van der Waals surface area contributed by atoms with E-state index in [0.717, 1.165) is 11.4 Å². The first-order valence-corrected chi connectivity index (χ1v) is 6.28. The zero-order chi connectivity index (χ0) is 14.0. The first kappa shape index (κ1) is 14.6. The van der Waals surface area contributed by atoms with Gasteiger partial charge in [-0.05, 0) is 45.0 Å². The molecule has 0 atom stereocenters. The fraction of sp³-hybridized carbons (Fsp3) is 0.533. The molecule has 3 heteroatoms. The van der Waals surface area contributed by atoms with Gasteiger partial charge in [0.15, 0.2) is 0 Å². The van der Waals surface area contributed by atoms with E-state index in [1.165, 1.54) is 0 Å². The Bertz CT molecular complexity index is 408. The van der Waals surface area contributed by atoms with Crippen LogP contribution in [0.15, 0.2) is 24.3 Å². The molecule has 0 bridgehead atoms. The molecule has 1 amide bonds. The Balaban J connectivity index is 2.70. The lowest BCUT2D eigenvalue weighted by atomic mass is 9.95. The molecule has 0 aliphatic carbocycles. The molecule has 0 unspecified atom stereocenters. The second-order valence-electron chi connectivity index (χ2n) is 6.66. The van der Waals surface area contributed by atoms with E-state index in [1.807, 2.05) is 45.0 Å². The van der Waals surface area contributed by atoms with Crippen molar-refractivity contribution < 1.29 is 4.79 Å². The quantitative estimate of drug-likeness (QED) is 0.834. The number of rotatable bonds is 2. The number of nitrogens with one attached hydrogen (secondary N) is 2. The minimum atomic E-state index is -0.373. The molecule has 18 heavy (non-hydrogen) atoms. The van der Waals surface area contributed by atoms with E-state index in [0.29, 0.717) is 0 Å². The highest BCUT2D eigenvalue weighted by molar-refractivity contribution is 5.94. The van der Waals surface area contributed by atoms with Crippen LogP contribution in [0.4, 0.5) is 11.4 Å². The van der Waals surface area contributed by atoms with E-state index in [9.17, 15) is 4.79 Å². The van der Waals surface area contributed by atoms with Crippen LogP contribution < -0.4 is 10.6 Å². The highest BCUT2D eigenvalue weighted by Gasteiger charge is 2.21. The number of amides is 1. The monoisotopic (exact) mass is 248 g/mol. The maximum Gasteiger partial charge on any atom is 0.229 e. The summed E-state index contributed by atoms with van der Waals surface area (Å²) in [5.74, 6) is 0.0269. The third-order valence-corrected chi connectivity index (χ3v) is 2.34. The van der Waals surface area contributed by atoms with E-state index in [1.54, 1.807) is 0 Å². The lowest BCUT2D eigenvalue weighted by Crippen LogP contribution is -2.27. The Morgan fingerprint density at radius 2 is 1.33 bits per heavy atom. The van der Waals surface area contributed by atoms with Crippen molar-refractivity contribution in [1.29, 1.82) is 0 Å². The standard InChI is InChI=1S/C15H24N2O/c1-14(2,3)13(18)16-11-7-9-12(10-8-11)17-15(4,5)6/h7-10,17H,1-6H3,(H,16,18). The van der Waals surface area contributed by atoms with Crippen LogP contribution in [0.2, 0.25) is 0 Å².